The Morgan fingerprint density at radius 3 is 2.72 bits per heavy atom. The number of nitrogens with zero attached hydrogens (tertiary/aromatic N) is 4. The lowest BCUT2D eigenvalue weighted by molar-refractivity contribution is 0.171. The highest BCUT2D eigenvalue weighted by atomic mass is 127. The lowest BCUT2D eigenvalue weighted by Crippen LogP contribution is -2.56. The first-order valence-electron chi connectivity index (χ1n) is 8.28. The van der Waals surface area contributed by atoms with Gasteiger partial charge >= 0.3 is 0 Å². The summed E-state index contributed by atoms with van der Waals surface area (Å²) in [5.74, 6) is 1.40. The number of sulfone groups is 1. The topological polar surface area (TPSA) is 88.8 Å². The van der Waals surface area contributed by atoms with E-state index in [0.29, 0.717) is 26.1 Å². The molecule has 0 bridgehead atoms. The van der Waals surface area contributed by atoms with Crippen molar-refractivity contribution in [1.29, 1.82) is 5.26 Å². The number of halogens is 1. The zero-order chi connectivity index (χ0) is 17.7. The van der Waals surface area contributed by atoms with Crippen molar-refractivity contribution in [3.63, 3.8) is 0 Å². The Kier molecular flexibility index (Phi) is 8.63. The van der Waals surface area contributed by atoms with E-state index in [4.69, 9.17) is 0 Å². The molecule has 2 rings (SSSR count). The maximum atomic E-state index is 11.6. The second kappa shape index (κ2) is 9.73. The molecule has 142 valence electrons. The van der Waals surface area contributed by atoms with Gasteiger partial charge in [-0.25, -0.2) is 13.4 Å². The normalized spacial score (nSPS) is 26.6. The standard InChI is InChI=1S/C16H27N5O2S.HI/c1-13(2)9-18-16(19-10-14-4-7-24(22,23)12-14)21-6-5-20(3)15(8-17)11-21;/h14-15H,1,4-7,9-12H2,2-3H3,(H,18,19);1H. The SMILES string of the molecule is C=C(C)CN=C(NCC1CCS(=O)(=O)C1)N1CCN(C)C(C#N)C1.I. The third-order valence-corrected chi connectivity index (χ3v) is 6.31. The second-order valence-corrected chi connectivity index (χ2v) is 9.05. The van der Waals surface area contributed by atoms with Crippen LogP contribution in [0.25, 0.3) is 0 Å². The van der Waals surface area contributed by atoms with Gasteiger partial charge in [-0.05, 0) is 26.3 Å². The van der Waals surface area contributed by atoms with E-state index in [1.807, 2.05) is 18.9 Å². The fourth-order valence-corrected chi connectivity index (χ4v) is 4.81. The minimum Gasteiger partial charge on any atom is -0.356 e. The number of nitrogens with one attached hydrogen (secondary N) is 1. The molecule has 2 unspecified atom stereocenters. The Hall–Kier alpha value is -0.860. The summed E-state index contributed by atoms with van der Waals surface area (Å²) < 4.78 is 23.2. The Labute approximate surface area is 168 Å². The van der Waals surface area contributed by atoms with Crippen LogP contribution in [-0.4, -0.2) is 81.5 Å². The number of aliphatic imine (C=N–C) groups is 1. The smallest absolute Gasteiger partial charge is 0.194 e. The van der Waals surface area contributed by atoms with Crippen LogP contribution in [-0.2, 0) is 9.84 Å². The number of hydrogen-bond acceptors (Lipinski definition) is 5. The summed E-state index contributed by atoms with van der Waals surface area (Å²) in [6.07, 6.45) is 0.701. The molecule has 9 heteroatoms. The first kappa shape index (κ1) is 22.2. The van der Waals surface area contributed by atoms with Crippen molar-refractivity contribution in [2.75, 3.05) is 51.3 Å². The van der Waals surface area contributed by atoms with E-state index in [2.05, 4.69) is 27.9 Å². The highest BCUT2D eigenvalue weighted by Crippen LogP contribution is 2.17. The molecule has 2 fully saturated rings. The van der Waals surface area contributed by atoms with E-state index in [9.17, 15) is 13.7 Å². The summed E-state index contributed by atoms with van der Waals surface area (Å²) in [6.45, 7) is 9.10. The van der Waals surface area contributed by atoms with Crippen molar-refractivity contribution in [1.82, 2.24) is 15.1 Å². The Morgan fingerprint density at radius 1 is 1.44 bits per heavy atom. The molecule has 25 heavy (non-hydrogen) atoms. The molecule has 2 saturated heterocycles. The number of piperazine rings is 1. The summed E-state index contributed by atoms with van der Waals surface area (Å²) in [6, 6.07) is 2.15. The van der Waals surface area contributed by atoms with Crippen molar-refractivity contribution in [2.45, 2.75) is 19.4 Å². The maximum absolute atomic E-state index is 11.6. The molecule has 0 amide bonds. The molecule has 1 N–H and O–H groups in total. The molecule has 0 aromatic heterocycles. The molecule has 0 spiro atoms. The quantitative estimate of drug-likeness (QED) is 0.275. The van der Waals surface area contributed by atoms with Crippen LogP contribution in [0.2, 0.25) is 0 Å². The van der Waals surface area contributed by atoms with Gasteiger partial charge < -0.3 is 10.2 Å². The van der Waals surface area contributed by atoms with Crippen LogP contribution in [0.15, 0.2) is 17.1 Å². The van der Waals surface area contributed by atoms with E-state index < -0.39 is 9.84 Å². The summed E-state index contributed by atoms with van der Waals surface area (Å²) >= 11 is 0. The van der Waals surface area contributed by atoms with Crippen LogP contribution in [0.4, 0.5) is 0 Å². The largest absolute Gasteiger partial charge is 0.356 e. The minimum atomic E-state index is -2.87. The number of nitriles is 1. The summed E-state index contributed by atoms with van der Waals surface area (Å²) in [7, 11) is -0.920. The van der Waals surface area contributed by atoms with Crippen LogP contribution in [0.1, 0.15) is 13.3 Å². The first-order chi connectivity index (χ1) is 11.3. The highest BCUT2D eigenvalue weighted by molar-refractivity contribution is 14.0. The van der Waals surface area contributed by atoms with Gasteiger partial charge in [-0.15, -0.1) is 24.0 Å². The highest BCUT2D eigenvalue weighted by Gasteiger charge is 2.29. The third-order valence-electron chi connectivity index (χ3n) is 4.47. The van der Waals surface area contributed by atoms with Crippen LogP contribution < -0.4 is 5.32 Å². The molecule has 0 aromatic carbocycles. The molecule has 7 nitrogen and oxygen atoms in total. The molecule has 0 aliphatic carbocycles. The molecule has 2 aliphatic rings. The third kappa shape index (κ3) is 6.75. The minimum absolute atomic E-state index is 0. The van der Waals surface area contributed by atoms with Crippen LogP contribution in [0.5, 0.6) is 0 Å². The number of guanidine groups is 1. The monoisotopic (exact) mass is 481 g/mol. The van der Waals surface area contributed by atoms with Crippen molar-refractivity contribution in [3.8, 4) is 6.07 Å². The van der Waals surface area contributed by atoms with Gasteiger partial charge in [0.1, 0.15) is 6.04 Å². The molecule has 2 aliphatic heterocycles. The molecule has 2 heterocycles. The van der Waals surface area contributed by atoms with Crippen LogP contribution >= 0.6 is 24.0 Å². The molecule has 0 saturated carbocycles. The van der Waals surface area contributed by atoms with Gasteiger partial charge in [-0.1, -0.05) is 12.2 Å². The summed E-state index contributed by atoms with van der Waals surface area (Å²) in [4.78, 5) is 8.71. The van der Waals surface area contributed by atoms with Crippen LogP contribution in [0, 0.1) is 17.2 Å². The number of hydrogen-bond donors (Lipinski definition) is 1. The van der Waals surface area contributed by atoms with Gasteiger partial charge in [0.15, 0.2) is 15.8 Å². The zero-order valence-corrected chi connectivity index (χ0v) is 18.1. The average molecular weight is 481 g/mol. The van der Waals surface area contributed by atoms with E-state index in [-0.39, 0.29) is 47.4 Å². The van der Waals surface area contributed by atoms with Gasteiger partial charge in [0, 0.05) is 26.2 Å². The average Bonchev–Trinajstić information content (AvgIpc) is 2.87. The van der Waals surface area contributed by atoms with E-state index in [1.54, 1.807) is 0 Å². The van der Waals surface area contributed by atoms with E-state index in [0.717, 1.165) is 24.6 Å². The number of rotatable bonds is 4. The second-order valence-electron chi connectivity index (χ2n) is 6.82. The van der Waals surface area contributed by atoms with E-state index >= 15 is 0 Å². The Bertz CT molecular complexity index is 643. The molecule has 0 aromatic rings. The van der Waals surface area contributed by atoms with Gasteiger partial charge in [0.05, 0.1) is 24.1 Å². The lowest BCUT2D eigenvalue weighted by Gasteiger charge is -2.38. The predicted molar refractivity (Wildman–Crippen MR) is 111 cm³/mol. The summed E-state index contributed by atoms with van der Waals surface area (Å²) in [5.41, 5.74) is 0.962. The van der Waals surface area contributed by atoms with Gasteiger partial charge in [0.25, 0.3) is 0 Å². The van der Waals surface area contributed by atoms with Crippen molar-refractivity contribution < 1.29 is 8.42 Å². The van der Waals surface area contributed by atoms with Gasteiger partial charge in [-0.2, -0.15) is 5.26 Å². The molecule has 2 atom stereocenters. The first-order valence-corrected chi connectivity index (χ1v) is 10.1. The fraction of sp³-hybridized carbons (Fsp3) is 0.750. The molecule has 0 radical (unpaired) electrons. The molecular weight excluding hydrogens is 453 g/mol. The van der Waals surface area contributed by atoms with Crippen LogP contribution in [0.3, 0.4) is 0 Å². The Balaban J connectivity index is 0.00000312. The maximum Gasteiger partial charge on any atom is 0.194 e. The lowest BCUT2D eigenvalue weighted by atomic mass is 10.1. The zero-order valence-electron chi connectivity index (χ0n) is 14.9. The van der Waals surface area contributed by atoms with E-state index in [1.165, 1.54) is 0 Å². The predicted octanol–water partition coefficient (Wildman–Crippen LogP) is 0.700. The van der Waals surface area contributed by atoms with Gasteiger partial charge in [-0.3, -0.25) is 4.90 Å². The summed E-state index contributed by atoms with van der Waals surface area (Å²) in [5, 5.41) is 12.6. The number of likely N-dealkylation sites (N-methyl/N-ethyl adjacent to an activating group) is 1. The van der Waals surface area contributed by atoms with Crippen molar-refractivity contribution in [3.05, 3.63) is 12.2 Å². The molecular formula is C16H28IN5O2S. The fourth-order valence-electron chi connectivity index (χ4n) is 2.95. The Morgan fingerprint density at radius 2 is 2.16 bits per heavy atom. The van der Waals surface area contributed by atoms with Crippen molar-refractivity contribution in [2.24, 2.45) is 10.9 Å². The van der Waals surface area contributed by atoms with Crippen molar-refractivity contribution >= 4 is 39.8 Å². The van der Waals surface area contributed by atoms with Gasteiger partial charge in [0.2, 0.25) is 0 Å².